The number of carbonyl (C=O) groups excluding carboxylic acids is 1. The molecule has 4 rings (SSSR count). The van der Waals surface area contributed by atoms with E-state index < -0.39 is 0 Å². The van der Waals surface area contributed by atoms with Gasteiger partial charge >= 0.3 is 0 Å². The van der Waals surface area contributed by atoms with Crippen molar-refractivity contribution in [2.24, 2.45) is 0 Å². The van der Waals surface area contributed by atoms with Crippen LogP contribution in [0.15, 0.2) is 24.5 Å². The van der Waals surface area contributed by atoms with Gasteiger partial charge in [-0.05, 0) is 44.5 Å². The van der Waals surface area contributed by atoms with Crippen LogP contribution in [0.2, 0.25) is 0 Å². The van der Waals surface area contributed by atoms with Gasteiger partial charge in [0.2, 0.25) is 0 Å². The topological polar surface area (TPSA) is 67.2 Å². The maximum Gasteiger partial charge on any atom is 0.255 e. The van der Waals surface area contributed by atoms with Crippen LogP contribution in [-0.2, 0) is 19.6 Å². The Bertz CT molecular complexity index is 722. The Morgan fingerprint density at radius 2 is 1.92 bits per heavy atom. The lowest BCUT2D eigenvalue weighted by Crippen LogP contribution is -2.31. The van der Waals surface area contributed by atoms with Gasteiger partial charge in [-0.1, -0.05) is 6.42 Å². The molecule has 0 saturated carbocycles. The van der Waals surface area contributed by atoms with E-state index in [1.165, 1.54) is 19.3 Å². The van der Waals surface area contributed by atoms with E-state index in [0.29, 0.717) is 12.1 Å². The molecule has 0 radical (unpaired) electrons. The molecule has 0 unspecified atom stereocenters. The Kier molecular flexibility index (Phi) is 4.74. The number of likely N-dealkylation sites (tertiary alicyclic amines) is 1. The molecule has 2 aromatic heterocycles. The van der Waals surface area contributed by atoms with Gasteiger partial charge in [-0.25, -0.2) is 0 Å². The van der Waals surface area contributed by atoms with Gasteiger partial charge in [0, 0.05) is 25.5 Å². The quantitative estimate of drug-likeness (QED) is 0.851. The van der Waals surface area contributed by atoms with Gasteiger partial charge in [0.15, 0.2) is 5.82 Å². The highest BCUT2D eigenvalue weighted by molar-refractivity contribution is 5.93. The number of rotatable bonds is 3. The highest BCUT2D eigenvalue weighted by Gasteiger charge is 2.24. The zero-order valence-electron chi connectivity index (χ0n) is 14.5. The van der Waals surface area contributed by atoms with E-state index in [1.807, 2.05) is 11.0 Å². The first kappa shape index (κ1) is 16.2. The number of carbonyl (C=O) groups is 1. The summed E-state index contributed by atoms with van der Waals surface area (Å²) in [6.07, 6.45) is 8.11. The second-order valence-corrected chi connectivity index (χ2v) is 6.84. The van der Waals surface area contributed by atoms with Crippen molar-refractivity contribution < 1.29 is 4.79 Å². The molecule has 1 saturated heterocycles. The lowest BCUT2D eigenvalue weighted by Gasteiger charge is -2.25. The van der Waals surface area contributed by atoms with Crippen LogP contribution in [0.25, 0.3) is 0 Å². The number of pyridine rings is 1. The third-order valence-electron chi connectivity index (χ3n) is 5.06. The Morgan fingerprint density at radius 1 is 1.04 bits per heavy atom. The molecule has 0 spiro atoms. The summed E-state index contributed by atoms with van der Waals surface area (Å²) in [6, 6.07) is 3.61. The molecule has 4 heterocycles. The molecule has 25 heavy (non-hydrogen) atoms. The van der Waals surface area contributed by atoms with Gasteiger partial charge in [-0.3, -0.25) is 14.7 Å². The molecule has 0 atom stereocenters. The van der Waals surface area contributed by atoms with Crippen LogP contribution in [0, 0.1) is 0 Å². The Balaban J connectivity index is 1.49. The van der Waals surface area contributed by atoms with Gasteiger partial charge in [0.05, 0.1) is 18.7 Å². The summed E-state index contributed by atoms with van der Waals surface area (Å²) in [6.45, 7) is 5.29. The minimum Gasteiger partial charge on any atom is -0.331 e. The van der Waals surface area contributed by atoms with E-state index in [1.54, 1.807) is 18.5 Å². The van der Waals surface area contributed by atoms with Gasteiger partial charge in [-0.15, -0.1) is 10.2 Å². The van der Waals surface area contributed by atoms with Crippen molar-refractivity contribution in [3.8, 4) is 0 Å². The molecular weight excluding hydrogens is 316 g/mol. The Morgan fingerprint density at radius 3 is 2.72 bits per heavy atom. The van der Waals surface area contributed by atoms with Crippen LogP contribution < -0.4 is 0 Å². The van der Waals surface area contributed by atoms with Crippen molar-refractivity contribution in [3.63, 3.8) is 0 Å². The average Bonchev–Trinajstić information content (AvgIpc) is 2.90. The van der Waals surface area contributed by atoms with Crippen molar-refractivity contribution in [3.05, 3.63) is 41.7 Å². The molecule has 0 N–H and O–H groups in total. The lowest BCUT2D eigenvalue weighted by molar-refractivity contribution is 0.0743. The first-order valence-electron chi connectivity index (χ1n) is 9.14. The summed E-state index contributed by atoms with van der Waals surface area (Å²) in [5, 5.41) is 8.81. The zero-order chi connectivity index (χ0) is 17.1. The van der Waals surface area contributed by atoms with Gasteiger partial charge in [-0.2, -0.15) is 0 Å². The number of hydrogen-bond acceptors (Lipinski definition) is 5. The lowest BCUT2D eigenvalue weighted by atomic mass is 10.1. The fourth-order valence-corrected chi connectivity index (χ4v) is 3.70. The molecule has 0 bridgehead atoms. The summed E-state index contributed by atoms with van der Waals surface area (Å²) in [7, 11) is 0. The molecular formula is C18H24N6O. The van der Waals surface area contributed by atoms with E-state index in [9.17, 15) is 4.79 Å². The van der Waals surface area contributed by atoms with Crippen LogP contribution in [-0.4, -0.2) is 55.1 Å². The summed E-state index contributed by atoms with van der Waals surface area (Å²) >= 11 is 0. The molecule has 132 valence electrons. The van der Waals surface area contributed by atoms with E-state index in [0.717, 1.165) is 50.8 Å². The van der Waals surface area contributed by atoms with E-state index in [4.69, 9.17) is 0 Å². The summed E-state index contributed by atoms with van der Waals surface area (Å²) in [5.74, 6) is 1.94. The minimum atomic E-state index is 0.0159. The molecule has 1 fully saturated rings. The summed E-state index contributed by atoms with van der Waals surface area (Å²) in [5.41, 5.74) is 0.629. The first-order valence-corrected chi connectivity index (χ1v) is 9.14. The van der Waals surface area contributed by atoms with E-state index in [2.05, 4.69) is 24.6 Å². The molecule has 2 aromatic rings. The maximum atomic E-state index is 12.7. The standard InChI is InChI=1S/C18H24N6O/c25-18(15-6-4-7-19-12-15)23-10-5-11-24-16(20-21-17(24)14-23)13-22-8-2-1-3-9-22/h4,6-7,12H,1-3,5,8-11,13-14H2. The number of aromatic nitrogens is 4. The smallest absolute Gasteiger partial charge is 0.255 e. The molecule has 0 aliphatic carbocycles. The second-order valence-electron chi connectivity index (χ2n) is 6.84. The minimum absolute atomic E-state index is 0.0159. The van der Waals surface area contributed by atoms with Crippen LogP contribution in [0.1, 0.15) is 47.7 Å². The number of piperidine rings is 1. The molecule has 0 aromatic carbocycles. The molecule has 2 aliphatic heterocycles. The highest BCUT2D eigenvalue weighted by Crippen LogP contribution is 2.17. The van der Waals surface area contributed by atoms with Crippen LogP contribution >= 0.6 is 0 Å². The molecule has 7 heteroatoms. The van der Waals surface area contributed by atoms with Crippen molar-refractivity contribution in [2.75, 3.05) is 19.6 Å². The van der Waals surface area contributed by atoms with Crippen molar-refractivity contribution in [1.82, 2.24) is 29.5 Å². The summed E-state index contributed by atoms with van der Waals surface area (Å²) < 4.78 is 2.21. The van der Waals surface area contributed by atoms with E-state index in [-0.39, 0.29) is 5.91 Å². The maximum absolute atomic E-state index is 12.7. The van der Waals surface area contributed by atoms with Crippen molar-refractivity contribution >= 4 is 5.91 Å². The molecule has 7 nitrogen and oxygen atoms in total. The Labute approximate surface area is 147 Å². The number of amides is 1. The number of nitrogens with zero attached hydrogens (tertiary/aromatic N) is 6. The summed E-state index contributed by atoms with van der Waals surface area (Å²) in [4.78, 5) is 21.1. The zero-order valence-corrected chi connectivity index (χ0v) is 14.5. The van der Waals surface area contributed by atoms with Crippen molar-refractivity contribution in [1.29, 1.82) is 0 Å². The third kappa shape index (κ3) is 3.56. The first-order chi connectivity index (χ1) is 12.3. The number of fused-ring (bicyclic) bond motifs is 1. The highest BCUT2D eigenvalue weighted by atomic mass is 16.2. The molecule has 1 amide bonds. The van der Waals surface area contributed by atoms with Crippen molar-refractivity contribution in [2.45, 2.75) is 45.3 Å². The predicted octanol–water partition coefficient (Wildman–Crippen LogP) is 1.71. The largest absolute Gasteiger partial charge is 0.331 e. The normalized spacial score (nSPS) is 18.6. The van der Waals surface area contributed by atoms with Gasteiger partial charge in [0.1, 0.15) is 5.82 Å². The Hall–Kier alpha value is -2.28. The second kappa shape index (κ2) is 7.31. The van der Waals surface area contributed by atoms with E-state index >= 15 is 0 Å². The fourth-order valence-electron chi connectivity index (χ4n) is 3.70. The van der Waals surface area contributed by atoms with Gasteiger partial charge < -0.3 is 9.47 Å². The predicted molar refractivity (Wildman–Crippen MR) is 92.7 cm³/mol. The van der Waals surface area contributed by atoms with Gasteiger partial charge in [0.25, 0.3) is 5.91 Å². The average molecular weight is 340 g/mol. The van der Waals surface area contributed by atoms with Crippen LogP contribution in [0.5, 0.6) is 0 Å². The monoisotopic (exact) mass is 340 g/mol. The third-order valence-corrected chi connectivity index (χ3v) is 5.06. The SMILES string of the molecule is O=C(c1cccnc1)N1CCCn2c(CN3CCCCC3)nnc2C1. The van der Waals surface area contributed by atoms with Crippen LogP contribution in [0.4, 0.5) is 0 Å². The number of hydrogen-bond donors (Lipinski definition) is 0. The fraction of sp³-hybridized carbons (Fsp3) is 0.556. The van der Waals surface area contributed by atoms with Crippen LogP contribution in [0.3, 0.4) is 0 Å². The molecule has 2 aliphatic rings.